The van der Waals surface area contributed by atoms with E-state index in [1.165, 1.54) is 22.8 Å². The van der Waals surface area contributed by atoms with E-state index < -0.39 is 0 Å². The van der Waals surface area contributed by atoms with E-state index in [-0.39, 0.29) is 11.8 Å². The van der Waals surface area contributed by atoms with Gasteiger partial charge in [-0.1, -0.05) is 19.1 Å². The second-order valence-corrected chi connectivity index (χ2v) is 10.9. The van der Waals surface area contributed by atoms with Gasteiger partial charge in [-0.05, 0) is 43.9 Å². The van der Waals surface area contributed by atoms with Crippen LogP contribution >= 0.6 is 11.8 Å². The zero-order valence-electron chi connectivity index (χ0n) is 20.3. The van der Waals surface area contributed by atoms with Crippen LogP contribution in [0.1, 0.15) is 50.3 Å². The van der Waals surface area contributed by atoms with Crippen molar-refractivity contribution in [1.29, 1.82) is 0 Å². The number of rotatable bonds is 8. The minimum atomic E-state index is 0.130. The molecule has 2 aromatic rings. The lowest BCUT2D eigenvalue weighted by Crippen LogP contribution is -2.35. The van der Waals surface area contributed by atoms with Crippen molar-refractivity contribution < 1.29 is 9.53 Å². The first kappa shape index (κ1) is 23.4. The Labute approximate surface area is 206 Å². The van der Waals surface area contributed by atoms with E-state index in [4.69, 9.17) is 10.5 Å². The predicted molar refractivity (Wildman–Crippen MR) is 142 cm³/mol. The molecule has 5 rings (SSSR count). The van der Waals surface area contributed by atoms with Crippen LogP contribution in [0.2, 0.25) is 0 Å². The second-order valence-electron chi connectivity index (χ2n) is 9.66. The van der Waals surface area contributed by atoms with Crippen molar-refractivity contribution in [2.75, 3.05) is 48.8 Å². The lowest BCUT2D eigenvalue weighted by atomic mass is 9.90. The quantitative estimate of drug-likeness (QED) is 0.555. The Balaban J connectivity index is 1.35. The molecule has 1 saturated heterocycles. The summed E-state index contributed by atoms with van der Waals surface area (Å²) in [6, 6.07) is 8.09. The summed E-state index contributed by atoms with van der Waals surface area (Å²) in [5.74, 6) is 4.15. The van der Waals surface area contributed by atoms with Gasteiger partial charge in [0.1, 0.15) is 6.61 Å². The maximum atomic E-state index is 12.1. The lowest BCUT2D eigenvalue weighted by Gasteiger charge is -2.27. The number of anilines is 2. The van der Waals surface area contributed by atoms with Crippen molar-refractivity contribution in [3.63, 3.8) is 0 Å². The van der Waals surface area contributed by atoms with Gasteiger partial charge in [0.2, 0.25) is 5.91 Å². The highest BCUT2D eigenvalue weighted by atomic mass is 32.2. The Hall–Kier alpha value is -2.38. The number of ether oxygens (including phenoxy) is 1. The fraction of sp³-hybridized carbons (Fsp3) is 0.519. The third-order valence-electron chi connectivity index (χ3n) is 7.17. The highest BCUT2D eigenvalue weighted by molar-refractivity contribution is 7.99. The molecule has 3 N–H and O–H groups in total. The minimum Gasteiger partial charge on any atom is -0.497 e. The molecule has 1 aromatic heterocycles. The molecule has 1 amide bonds. The summed E-state index contributed by atoms with van der Waals surface area (Å²) in [6.07, 6.45) is 5.09. The van der Waals surface area contributed by atoms with E-state index in [9.17, 15) is 4.79 Å². The van der Waals surface area contributed by atoms with Gasteiger partial charge in [-0.15, -0.1) is 0 Å². The molecular weight excluding hydrogens is 444 g/mol. The topological polar surface area (TPSA) is 72.5 Å². The summed E-state index contributed by atoms with van der Waals surface area (Å²) in [5, 5.41) is 3.02. The van der Waals surface area contributed by atoms with Crippen LogP contribution in [-0.2, 0) is 16.1 Å². The molecule has 2 aliphatic carbocycles. The lowest BCUT2D eigenvalue weighted by molar-refractivity contribution is -0.117. The summed E-state index contributed by atoms with van der Waals surface area (Å²) in [6.45, 7) is 9.29. The van der Waals surface area contributed by atoms with Gasteiger partial charge in [0.25, 0.3) is 0 Å². The first-order valence-electron chi connectivity index (χ1n) is 12.6. The van der Waals surface area contributed by atoms with Gasteiger partial charge in [0, 0.05) is 66.8 Å². The molecule has 0 radical (unpaired) electrons. The molecule has 1 saturated carbocycles. The molecule has 3 aliphatic rings. The van der Waals surface area contributed by atoms with Crippen molar-refractivity contribution in [3.8, 4) is 11.3 Å². The first-order valence-corrected chi connectivity index (χ1v) is 13.8. The molecule has 0 bridgehead atoms. The van der Waals surface area contributed by atoms with Crippen LogP contribution in [0.5, 0.6) is 0 Å². The molecule has 2 heterocycles. The number of hydrogen-bond donors (Lipinski definition) is 2. The number of allylic oxidation sites excluding steroid dienone is 1. The van der Waals surface area contributed by atoms with Crippen molar-refractivity contribution in [1.82, 2.24) is 9.47 Å². The number of thioether (sulfide) groups is 1. The molecule has 1 aliphatic heterocycles. The number of aromatic nitrogens is 1. The standard InChI is InChI=1S/C27H36N4O2S/c1-3-31-23-17-22(33-13-10-30-11-14-34-15-12-30)16-18(2)24(23)25(28)26(31)19-6-8-21(9-7-19)29-27(32)20-4-5-20/h6-9,17-18,20H,3-5,10-16,28H2,1-2H3,(H,29,32)/t18-/m1/s1. The van der Waals surface area contributed by atoms with Gasteiger partial charge in [-0.2, -0.15) is 11.8 Å². The summed E-state index contributed by atoms with van der Waals surface area (Å²) in [5.41, 5.74) is 13.0. The third-order valence-corrected chi connectivity index (χ3v) is 8.11. The Morgan fingerprint density at radius 1 is 1.21 bits per heavy atom. The molecule has 0 spiro atoms. The van der Waals surface area contributed by atoms with E-state index in [0.29, 0.717) is 5.92 Å². The molecule has 0 unspecified atom stereocenters. The summed E-state index contributed by atoms with van der Waals surface area (Å²) in [7, 11) is 0. The molecular formula is C27H36N4O2S. The summed E-state index contributed by atoms with van der Waals surface area (Å²) >= 11 is 2.04. The smallest absolute Gasteiger partial charge is 0.227 e. The number of carbonyl (C=O) groups excluding carboxylic acids is 1. The maximum absolute atomic E-state index is 12.1. The van der Waals surface area contributed by atoms with Crippen LogP contribution < -0.4 is 11.1 Å². The summed E-state index contributed by atoms with van der Waals surface area (Å²) < 4.78 is 8.57. The monoisotopic (exact) mass is 480 g/mol. The van der Waals surface area contributed by atoms with Gasteiger partial charge < -0.3 is 20.4 Å². The highest BCUT2D eigenvalue weighted by Crippen LogP contribution is 2.44. The van der Waals surface area contributed by atoms with Gasteiger partial charge in [-0.3, -0.25) is 9.69 Å². The number of nitrogens with one attached hydrogen (secondary N) is 1. The fourth-order valence-corrected chi connectivity index (χ4v) is 6.12. The third kappa shape index (κ3) is 4.86. The van der Waals surface area contributed by atoms with Crippen LogP contribution in [0, 0.1) is 5.92 Å². The van der Waals surface area contributed by atoms with Crippen molar-refractivity contribution in [2.24, 2.45) is 5.92 Å². The number of benzene rings is 1. The summed E-state index contributed by atoms with van der Waals surface area (Å²) in [4.78, 5) is 14.6. The van der Waals surface area contributed by atoms with Crippen LogP contribution in [0.4, 0.5) is 11.4 Å². The van der Waals surface area contributed by atoms with Gasteiger partial charge in [0.05, 0.1) is 22.8 Å². The number of amides is 1. The largest absolute Gasteiger partial charge is 0.497 e. The van der Waals surface area contributed by atoms with Crippen LogP contribution in [-0.4, -0.2) is 53.1 Å². The molecule has 1 aromatic carbocycles. The second kappa shape index (κ2) is 10.1. The van der Waals surface area contributed by atoms with Gasteiger partial charge in [0.15, 0.2) is 0 Å². The number of fused-ring (bicyclic) bond motifs is 1. The first-order chi connectivity index (χ1) is 16.5. The SMILES string of the molecule is CCn1c2c(c(N)c1-c1ccc(NC(=O)C3CC3)cc1)[C@H](C)CC(OCCN1CCSCC1)=C2. The Morgan fingerprint density at radius 2 is 1.94 bits per heavy atom. The predicted octanol–water partition coefficient (Wildman–Crippen LogP) is 5.02. The zero-order valence-corrected chi connectivity index (χ0v) is 21.1. The normalized spacial score (nSPS) is 20.5. The molecule has 6 nitrogen and oxygen atoms in total. The Kier molecular flexibility index (Phi) is 6.93. The Morgan fingerprint density at radius 3 is 2.62 bits per heavy atom. The van der Waals surface area contributed by atoms with Crippen LogP contribution in [0.25, 0.3) is 17.3 Å². The van der Waals surface area contributed by atoms with Crippen molar-refractivity contribution >= 4 is 35.1 Å². The number of nitrogens with zero attached hydrogens (tertiary/aromatic N) is 2. The van der Waals surface area contributed by atoms with Crippen LogP contribution in [0.3, 0.4) is 0 Å². The molecule has 2 fully saturated rings. The van der Waals surface area contributed by atoms with Crippen molar-refractivity contribution in [2.45, 2.75) is 45.6 Å². The average Bonchev–Trinajstić information content (AvgIpc) is 3.65. The van der Waals surface area contributed by atoms with Crippen molar-refractivity contribution in [3.05, 3.63) is 41.3 Å². The average molecular weight is 481 g/mol. The molecule has 34 heavy (non-hydrogen) atoms. The van der Waals surface area contributed by atoms with E-state index >= 15 is 0 Å². The zero-order chi connectivity index (χ0) is 23.7. The van der Waals surface area contributed by atoms with Crippen LogP contribution in [0.15, 0.2) is 30.0 Å². The number of nitrogen functional groups attached to an aromatic ring is 1. The number of carbonyl (C=O) groups is 1. The number of hydrogen-bond acceptors (Lipinski definition) is 5. The minimum absolute atomic E-state index is 0.130. The number of nitrogens with two attached hydrogens (primary N) is 1. The van der Waals surface area contributed by atoms with Gasteiger partial charge in [-0.25, -0.2) is 0 Å². The maximum Gasteiger partial charge on any atom is 0.227 e. The van der Waals surface area contributed by atoms with E-state index in [1.54, 1.807) is 0 Å². The highest BCUT2D eigenvalue weighted by Gasteiger charge is 2.30. The van der Waals surface area contributed by atoms with E-state index in [2.05, 4.69) is 46.8 Å². The van der Waals surface area contributed by atoms with E-state index in [0.717, 1.165) is 80.4 Å². The fourth-order valence-electron chi connectivity index (χ4n) is 5.14. The van der Waals surface area contributed by atoms with Gasteiger partial charge >= 0.3 is 0 Å². The molecule has 7 heteroatoms. The van der Waals surface area contributed by atoms with E-state index in [1.807, 2.05) is 23.9 Å². The Bertz CT molecular complexity index is 1070. The molecule has 1 atom stereocenters. The molecule has 182 valence electrons.